The minimum Gasteiger partial charge on any atom is -0.335 e. The van der Waals surface area contributed by atoms with Crippen LogP contribution in [0.1, 0.15) is 53.8 Å². The quantitative estimate of drug-likeness (QED) is 0.251. The SMILES string of the molecule is Cc1ccccc1N=C1Nc2ccccc2N2C1=Nc1c(c(C)nn1-c1ccccc1)[C@@H]2c1ccc(C(C)C)cc1. The maximum Gasteiger partial charge on any atom is 0.179 e. The number of para-hydroxylation sites is 4. The standard InChI is InChI=1S/C35H32N6/c1-22(2)25-18-20-26(21-19-25)32-31-24(4)39-41(27-13-6-5-7-14-27)34(31)38-35-33(36-28-15-9-8-12-23(28)3)37-29-16-10-11-17-30(29)40(32)35/h5-22,32H,1-4H3,(H,36,37)/t32-/m0/s1. The Morgan fingerprint density at radius 1 is 0.805 bits per heavy atom. The Balaban J connectivity index is 1.52. The fourth-order valence-electron chi connectivity index (χ4n) is 5.77. The zero-order valence-electron chi connectivity index (χ0n) is 23.7. The van der Waals surface area contributed by atoms with Crippen molar-refractivity contribution in [1.29, 1.82) is 0 Å². The molecule has 1 aromatic heterocycles. The molecule has 0 saturated heterocycles. The third kappa shape index (κ3) is 4.23. The molecular formula is C35H32N6. The van der Waals surface area contributed by atoms with E-state index in [1.54, 1.807) is 0 Å². The molecule has 0 fully saturated rings. The number of aliphatic imine (C=N–C) groups is 2. The fourth-order valence-corrected chi connectivity index (χ4v) is 5.77. The van der Waals surface area contributed by atoms with Crippen molar-refractivity contribution in [3.63, 3.8) is 0 Å². The van der Waals surface area contributed by atoms with E-state index in [0.717, 1.165) is 51.2 Å². The van der Waals surface area contributed by atoms with E-state index in [1.807, 2.05) is 41.1 Å². The molecule has 202 valence electrons. The number of fused-ring (bicyclic) bond motifs is 4. The van der Waals surface area contributed by atoms with E-state index in [2.05, 4.69) is 105 Å². The monoisotopic (exact) mass is 536 g/mol. The van der Waals surface area contributed by atoms with Gasteiger partial charge in [-0.3, -0.25) is 0 Å². The maximum atomic E-state index is 5.34. The number of nitrogens with one attached hydrogen (secondary N) is 1. The summed E-state index contributed by atoms with van der Waals surface area (Å²) in [5, 5.41) is 8.66. The molecule has 2 aliphatic heterocycles. The molecule has 0 unspecified atom stereocenters. The second-order valence-corrected chi connectivity index (χ2v) is 11.0. The number of hydrogen-bond acceptors (Lipinski definition) is 4. The van der Waals surface area contributed by atoms with Crippen LogP contribution in [0, 0.1) is 13.8 Å². The third-order valence-electron chi connectivity index (χ3n) is 7.95. The van der Waals surface area contributed by atoms with Gasteiger partial charge in [0.2, 0.25) is 0 Å². The van der Waals surface area contributed by atoms with Gasteiger partial charge >= 0.3 is 0 Å². The van der Waals surface area contributed by atoms with Gasteiger partial charge in [-0.05, 0) is 66.8 Å². The van der Waals surface area contributed by atoms with E-state index in [4.69, 9.17) is 15.1 Å². The van der Waals surface area contributed by atoms with Gasteiger partial charge in [-0.1, -0.05) is 86.6 Å². The molecule has 4 aromatic carbocycles. The van der Waals surface area contributed by atoms with Crippen LogP contribution in [-0.4, -0.2) is 21.5 Å². The molecule has 41 heavy (non-hydrogen) atoms. The van der Waals surface area contributed by atoms with Crippen LogP contribution in [0.15, 0.2) is 113 Å². The predicted molar refractivity (Wildman–Crippen MR) is 169 cm³/mol. The van der Waals surface area contributed by atoms with Crippen LogP contribution in [-0.2, 0) is 0 Å². The van der Waals surface area contributed by atoms with Crippen molar-refractivity contribution >= 4 is 34.6 Å². The second kappa shape index (κ2) is 9.89. The van der Waals surface area contributed by atoms with Crippen LogP contribution in [0.2, 0.25) is 0 Å². The van der Waals surface area contributed by atoms with Crippen LogP contribution >= 0.6 is 0 Å². The lowest BCUT2D eigenvalue weighted by atomic mass is 9.91. The Kier molecular flexibility index (Phi) is 6.04. The van der Waals surface area contributed by atoms with Gasteiger partial charge in [-0.25, -0.2) is 14.7 Å². The van der Waals surface area contributed by atoms with Crippen molar-refractivity contribution in [2.75, 3.05) is 10.2 Å². The summed E-state index contributed by atoms with van der Waals surface area (Å²) in [4.78, 5) is 12.8. The third-order valence-corrected chi connectivity index (χ3v) is 7.95. The van der Waals surface area contributed by atoms with Gasteiger partial charge in [0.1, 0.15) is 0 Å². The van der Waals surface area contributed by atoms with Gasteiger partial charge < -0.3 is 10.2 Å². The lowest BCUT2D eigenvalue weighted by molar-refractivity contribution is 0.811. The molecular weight excluding hydrogens is 504 g/mol. The second-order valence-electron chi connectivity index (χ2n) is 11.0. The fraction of sp³-hybridized carbons (Fsp3) is 0.171. The van der Waals surface area contributed by atoms with Crippen LogP contribution < -0.4 is 10.2 Å². The van der Waals surface area contributed by atoms with Gasteiger partial charge in [0.05, 0.1) is 34.5 Å². The molecule has 1 N–H and O–H groups in total. The van der Waals surface area contributed by atoms with Crippen molar-refractivity contribution in [1.82, 2.24) is 9.78 Å². The lowest BCUT2D eigenvalue weighted by Gasteiger charge is -2.42. The van der Waals surface area contributed by atoms with Crippen molar-refractivity contribution in [2.24, 2.45) is 9.98 Å². The van der Waals surface area contributed by atoms with E-state index in [0.29, 0.717) is 11.8 Å². The van der Waals surface area contributed by atoms with Crippen molar-refractivity contribution in [3.8, 4) is 5.69 Å². The lowest BCUT2D eigenvalue weighted by Crippen LogP contribution is -2.48. The van der Waals surface area contributed by atoms with E-state index in [1.165, 1.54) is 11.1 Å². The molecule has 5 aromatic rings. The van der Waals surface area contributed by atoms with Crippen LogP contribution in [0.5, 0.6) is 0 Å². The van der Waals surface area contributed by atoms with Crippen LogP contribution in [0.25, 0.3) is 5.69 Å². The molecule has 2 aliphatic rings. The Morgan fingerprint density at radius 3 is 2.27 bits per heavy atom. The first-order valence-corrected chi connectivity index (χ1v) is 14.1. The van der Waals surface area contributed by atoms with Gasteiger partial charge in [-0.2, -0.15) is 5.10 Å². The smallest absolute Gasteiger partial charge is 0.179 e. The Labute approximate surface area is 240 Å². The highest BCUT2D eigenvalue weighted by molar-refractivity contribution is 6.52. The van der Waals surface area contributed by atoms with E-state index < -0.39 is 0 Å². The van der Waals surface area contributed by atoms with E-state index in [-0.39, 0.29) is 6.04 Å². The Morgan fingerprint density at radius 2 is 1.51 bits per heavy atom. The zero-order chi connectivity index (χ0) is 28.1. The highest BCUT2D eigenvalue weighted by atomic mass is 15.4. The molecule has 0 saturated carbocycles. The molecule has 6 nitrogen and oxygen atoms in total. The van der Waals surface area contributed by atoms with Gasteiger partial charge in [-0.15, -0.1) is 0 Å². The summed E-state index contributed by atoms with van der Waals surface area (Å²) in [7, 11) is 0. The highest BCUT2D eigenvalue weighted by Crippen LogP contribution is 2.48. The summed E-state index contributed by atoms with van der Waals surface area (Å²) in [6.45, 7) is 8.63. The van der Waals surface area contributed by atoms with Crippen LogP contribution in [0.3, 0.4) is 0 Å². The average Bonchev–Trinajstić information content (AvgIpc) is 3.33. The van der Waals surface area contributed by atoms with E-state index in [9.17, 15) is 0 Å². The first-order chi connectivity index (χ1) is 20.0. The Hall–Kier alpha value is -4.97. The summed E-state index contributed by atoms with van der Waals surface area (Å²) >= 11 is 0. The number of benzene rings is 4. The predicted octanol–water partition coefficient (Wildman–Crippen LogP) is 8.41. The van der Waals surface area contributed by atoms with Crippen molar-refractivity contribution < 1.29 is 0 Å². The largest absolute Gasteiger partial charge is 0.335 e. The molecule has 0 amide bonds. The molecule has 0 spiro atoms. The average molecular weight is 537 g/mol. The van der Waals surface area contributed by atoms with E-state index >= 15 is 0 Å². The number of amidine groups is 2. The number of aromatic nitrogens is 2. The molecule has 7 rings (SSSR count). The van der Waals surface area contributed by atoms with Crippen molar-refractivity contribution in [2.45, 2.75) is 39.7 Å². The number of anilines is 2. The van der Waals surface area contributed by atoms with Crippen molar-refractivity contribution in [3.05, 3.63) is 131 Å². The minimum atomic E-state index is -0.138. The number of nitrogens with zero attached hydrogens (tertiary/aromatic N) is 5. The molecule has 3 heterocycles. The molecule has 0 aliphatic carbocycles. The van der Waals surface area contributed by atoms with Gasteiger partial charge in [0.25, 0.3) is 0 Å². The summed E-state index contributed by atoms with van der Waals surface area (Å²) in [6.07, 6.45) is 0. The number of hydrogen-bond donors (Lipinski definition) is 1. The summed E-state index contributed by atoms with van der Waals surface area (Å²) in [6, 6.07) is 35.7. The first-order valence-electron chi connectivity index (χ1n) is 14.1. The molecule has 1 atom stereocenters. The maximum absolute atomic E-state index is 5.34. The normalized spacial score (nSPS) is 16.6. The Bertz CT molecular complexity index is 1810. The first kappa shape index (κ1) is 25.0. The summed E-state index contributed by atoms with van der Waals surface area (Å²) in [5.74, 6) is 2.77. The summed E-state index contributed by atoms with van der Waals surface area (Å²) < 4.78 is 1.97. The van der Waals surface area contributed by atoms with Gasteiger partial charge in [0.15, 0.2) is 17.5 Å². The molecule has 0 radical (unpaired) electrons. The van der Waals surface area contributed by atoms with Crippen LogP contribution in [0.4, 0.5) is 22.9 Å². The minimum absolute atomic E-state index is 0.138. The summed E-state index contributed by atoms with van der Waals surface area (Å²) in [5.41, 5.74) is 9.61. The number of rotatable bonds is 4. The number of aryl methyl sites for hydroxylation is 2. The zero-order valence-corrected chi connectivity index (χ0v) is 23.7. The topological polar surface area (TPSA) is 57.8 Å². The molecule has 6 heteroatoms. The molecule has 0 bridgehead atoms. The highest BCUT2D eigenvalue weighted by Gasteiger charge is 2.41. The van der Waals surface area contributed by atoms with Gasteiger partial charge in [0, 0.05) is 5.56 Å².